The number of aliphatic hydroxyl groups is 1. The number of hydrogen-bond donors (Lipinski definition) is 2. The van der Waals surface area contributed by atoms with E-state index in [1.807, 2.05) is 0 Å². The van der Waals surface area contributed by atoms with Crippen molar-refractivity contribution in [3.63, 3.8) is 0 Å². The molecule has 35 heavy (non-hydrogen) atoms. The first-order valence-electron chi connectivity index (χ1n) is 10.5. The molecule has 3 aromatic rings. The number of aromatic nitrogens is 1. The molecular formula is C24H18ClF5N2O3. The van der Waals surface area contributed by atoms with Gasteiger partial charge in [-0.3, -0.25) is 4.79 Å². The largest absolute Gasteiger partial charge is 0.483 e. The Morgan fingerprint density at radius 1 is 1.14 bits per heavy atom. The number of pyridine rings is 1. The highest BCUT2D eigenvalue weighted by atomic mass is 35.5. The second kappa shape index (κ2) is 9.79. The first-order valence-corrected chi connectivity index (χ1v) is 10.8. The molecule has 11 heteroatoms. The maximum absolute atomic E-state index is 15.1. The van der Waals surface area contributed by atoms with Crippen LogP contribution in [0.2, 0.25) is 5.02 Å². The monoisotopic (exact) mass is 512 g/mol. The van der Waals surface area contributed by atoms with Crippen LogP contribution in [-0.4, -0.2) is 28.8 Å². The number of carbonyl (C=O) groups excluding carboxylic acids is 1. The molecule has 2 N–H and O–H groups in total. The number of para-hydroxylation sites is 1. The first kappa shape index (κ1) is 24.9. The molecule has 1 heterocycles. The molecule has 0 radical (unpaired) electrons. The molecule has 184 valence electrons. The zero-order valence-electron chi connectivity index (χ0n) is 17.9. The molecule has 1 aliphatic carbocycles. The zero-order valence-corrected chi connectivity index (χ0v) is 18.7. The highest BCUT2D eigenvalue weighted by Gasteiger charge is 2.31. The maximum Gasteiger partial charge on any atom is 0.422 e. The number of halogens is 6. The van der Waals surface area contributed by atoms with E-state index in [1.54, 1.807) is 6.07 Å². The van der Waals surface area contributed by atoms with Gasteiger partial charge in [0.15, 0.2) is 6.61 Å². The Kier molecular flexibility index (Phi) is 6.95. The summed E-state index contributed by atoms with van der Waals surface area (Å²) >= 11 is 5.89. The molecule has 5 nitrogen and oxygen atoms in total. The van der Waals surface area contributed by atoms with Gasteiger partial charge in [0.05, 0.1) is 34.3 Å². The van der Waals surface area contributed by atoms with E-state index in [-0.39, 0.29) is 22.2 Å². The summed E-state index contributed by atoms with van der Waals surface area (Å²) in [6.45, 7) is -2.16. The van der Waals surface area contributed by atoms with Crippen LogP contribution < -0.4 is 10.1 Å². The van der Waals surface area contributed by atoms with Crippen LogP contribution in [0.15, 0.2) is 42.5 Å². The fourth-order valence-corrected chi connectivity index (χ4v) is 3.77. The van der Waals surface area contributed by atoms with Crippen molar-refractivity contribution in [3.8, 4) is 17.0 Å². The lowest BCUT2D eigenvalue weighted by molar-refractivity contribution is -0.153. The third-order valence-corrected chi connectivity index (χ3v) is 5.67. The number of nitrogens with zero attached hydrogens (tertiary/aromatic N) is 1. The highest BCUT2D eigenvalue weighted by Crippen LogP contribution is 2.42. The van der Waals surface area contributed by atoms with E-state index in [0.29, 0.717) is 11.8 Å². The average Bonchev–Trinajstić information content (AvgIpc) is 3.65. The predicted molar refractivity (Wildman–Crippen MR) is 118 cm³/mol. The van der Waals surface area contributed by atoms with Crippen molar-refractivity contribution < 1.29 is 36.6 Å². The highest BCUT2D eigenvalue weighted by molar-refractivity contribution is 6.34. The molecule has 1 aliphatic rings. The molecule has 1 fully saturated rings. The molecule has 0 unspecified atom stereocenters. The number of aliphatic hydroxyl groups excluding tert-OH is 1. The van der Waals surface area contributed by atoms with E-state index in [1.165, 1.54) is 18.2 Å². The summed E-state index contributed by atoms with van der Waals surface area (Å²) in [4.78, 5) is 17.0. The molecule has 2 aromatic carbocycles. The van der Waals surface area contributed by atoms with Crippen LogP contribution in [0.25, 0.3) is 11.3 Å². The third kappa shape index (κ3) is 5.71. The summed E-state index contributed by atoms with van der Waals surface area (Å²) in [5, 5.41) is 11.6. The third-order valence-electron chi connectivity index (χ3n) is 5.36. The van der Waals surface area contributed by atoms with Crippen molar-refractivity contribution in [2.75, 3.05) is 11.9 Å². The zero-order chi connectivity index (χ0) is 25.3. The topological polar surface area (TPSA) is 71.5 Å². The lowest BCUT2D eigenvalue weighted by atomic mass is 10.0. The molecule has 1 aromatic heterocycles. The minimum absolute atomic E-state index is 0.0388. The summed E-state index contributed by atoms with van der Waals surface area (Å²) in [6.07, 6.45) is -2.87. The van der Waals surface area contributed by atoms with E-state index in [0.717, 1.165) is 30.5 Å². The number of carbonyl (C=O) groups is 1. The number of hydrogen-bond acceptors (Lipinski definition) is 4. The van der Waals surface area contributed by atoms with E-state index in [2.05, 4.69) is 10.3 Å². The Morgan fingerprint density at radius 3 is 2.51 bits per heavy atom. The fourth-order valence-electron chi connectivity index (χ4n) is 3.56. The van der Waals surface area contributed by atoms with Crippen molar-refractivity contribution >= 4 is 23.2 Å². The summed E-state index contributed by atoms with van der Waals surface area (Å²) < 4.78 is 72.5. The van der Waals surface area contributed by atoms with Gasteiger partial charge < -0.3 is 15.2 Å². The van der Waals surface area contributed by atoms with Gasteiger partial charge in [0.1, 0.15) is 17.4 Å². The van der Waals surface area contributed by atoms with Crippen molar-refractivity contribution in [1.29, 1.82) is 0 Å². The van der Waals surface area contributed by atoms with Crippen molar-refractivity contribution in [1.82, 2.24) is 4.98 Å². The molecule has 0 spiro atoms. The molecule has 4 rings (SSSR count). The number of rotatable bonds is 7. The molecule has 0 aliphatic heterocycles. The lowest BCUT2D eigenvalue weighted by Gasteiger charge is -2.16. The van der Waals surface area contributed by atoms with Gasteiger partial charge in [0, 0.05) is 5.56 Å². The minimum Gasteiger partial charge on any atom is -0.483 e. The van der Waals surface area contributed by atoms with E-state index in [9.17, 15) is 27.5 Å². The van der Waals surface area contributed by atoms with Gasteiger partial charge in [-0.05, 0) is 54.7 Å². The van der Waals surface area contributed by atoms with Crippen LogP contribution in [0, 0.1) is 11.6 Å². The SMILES string of the molecule is O=C(Nc1c(F)cccc1Cl)c1cc(F)c(-c2ccc(C3CC3)c(CO)n2)cc1OCC(F)(F)F. The van der Waals surface area contributed by atoms with Crippen LogP contribution in [0.5, 0.6) is 5.75 Å². The van der Waals surface area contributed by atoms with Crippen molar-refractivity contribution in [3.05, 3.63) is 75.9 Å². The number of ether oxygens (including phenoxy) is 1. The number of benzene rings is 2. The Labute approximate surface area is 201 Å². The number of amides is 1. The summed E-state index contributed by atoms with van der Waals surface area (Å²) in [6, 6.07) is 8.36. The van der Waals surface area contributed by atoms with Gasteiger partial charge in [-0.1, -0.05) is 23.7 Å². The predicted octanol–water partition coefficient (Wildman–Crippen LogP) is 6.24. The second-order valence-electron chi connectivity index (χ2n) is 7.95. The van der Waals surface area contributed by atoms with E-state index in [4.69, 9.17) is 16.3 Å². The molecule has 0 saturated heterocycles. The Balaban J connectivity index is 1.74. The molecular weight excluding hydrogens is 495 g/mol. The van der Waals surface area contributed by atoms with Gasteiger partial charge in [-0.15, -0.1) is 0 Å². The van der Waals surface area contributed by atoms with Gasteiger partial charge in [-0.25, -0.2) is 13.8 Å². The number of nitrogens with one attached hydrogen (secondary N) is 1. The summed E-state index contributed by atoms with van der Waals surface area (Å²) in [5.74, 6) is -3.34. The van der Waals surface area contributed by atoms with E-state index >= 15 is 4.39 Å². The number of anilines is 1. The molecule has 0 bridgehead atoms. The van der Waals surface area contributed by atoms with Gasteiger partial charge in [-0.2, -0.15) is 13.2 Å². The first-order chi connectivity index (χ1) is 16.6. The maximum atomic E-state index is 15.1. The van der Waals surface area contributed by atoms with Crippen molar-refractivity contribution in [2.45, 2.75) is 31.5 Å². The normalized spacial score (nSPS) is 13.6. The molecule has 1 saturated carbocycles. The second-order valence-corrected chi connectivity index (χ2v) is 8.35. The van der Waals surface area contributed by atoms with Gasteiger partial charge in [0.2, 0.25) is 0 Å². The average molecular weight is 513 g/mol. The van der Waals surface area contributed by atoms with Crippen molar-refractivity contribution in [2.24, 2.45) is 0 Å². The Bertz CT molecular complexity index is 1260. The van der Waals surface area contributed by atoms with Crippen LogP contribution in [0.3, 0.4) is 0 Å². The smallest absolute Gasteiger partial charge is 0.422 e. The van der Waals surface area contributed by atoms with Crippen LogP contribution >= 0.6 is 11.6 Å². The summed E-state index contributed by atoms with van der Waals surface area (Å²) in [5.41, 5.74) is -0.0695. The lowest BCUT2D eigenvalue weighted by Crippen LogP contribution is -2.22. The molecule has 1 amide bonds. The standard InChI is InChI=1S/C24H18ClF5N2O3/c25-16-2-1-3-17(26)22(16)32-23(34)15-8-18(27)14(9-21(15)35-11-24(28,29)30)19-7-6-13(12-4-5-12)20(10-33)31-19/h1-3,6-9,12,33H,4-5,10-11H2,(H,32,34). The minimum atomic E-state index is -4.74. The summed E-state index contributed by atoms with van der Waals surface area (Å²) in [7, 11) is 0. The molecule has 0 atom stereocenters. The van der Waals surface area contributed by atoms with Gasteiger partial charge in [0.25, 0.3) is 5.91 Å². The van der Waals surface area contributed by atoms with Crippen LogP contribution in [0.4, 0.5) is 27.6 Å². The Hall–Kier alpha value is -3.24. The van der Waals surface area contributed by atoms with Crippen LogP contribution in [0.1, 0.15) is 40.4 Å². The number of alkyl halides is 3. The Morgan fingerprint density at radius 2 is 1.89 bits per heavy atom. The van der Waals surface area contributed by atoms with E-state index < -0.39 is 53.9 Å². The quantitative estimate of drug-likeness (QED) is 0.367. The van der Waals surface area contributed by atoms with Crippen LogP contribution in [-0.2, 0) is 6.61 Å². The van der Waals surface area contributed by atoms with Gasteiger partial charge >= 0.3 is 6.18 Å². The fraction of sp³-hybridized carbons (Fsp3) is 0.250.